The van der Waals surface area contributed by atoms with Gasteiger partial charge in [0.1, 0.15) is 41.4 Å². The second-order valence-corrected chi connectivity index (χ2v) is 21.2. The lowest BCUT2D eigenvalue weighted by atomic mass is 9.90. The van der Waals surface area contributed by atoms with Gasteiger partial charge in [-0.1, -0.05) is 13.8 Å². The van der Waals surface area contributed by atoms with Gasteiger partial charge >= 0.3 is 0 Å². The Morgan fingerprint density at radius 2 is 1.68 bits per heavy atom. The summed E-state index contributed by atoms with van der Waals surface area (Å²) in [6.45, 7) is 11.2. The zero-order valence-corrected chi connectivity index (χ0v) is 40.8. The smallest absolute Gasteiger partial charge is 0.276 e. The fraction of sp³-hybridized carbons (Fsp3) is 0.434. The molecule has 12 rings (SSSR count). The Morgan fingerprint density at radius 3 is 2.44 bits per heavy atom. The van der Waals surface area contributed by atoms with E-state index in [4.69, 9.17) is 9.72 Å². The Balaban J connectivity index is 0.693. The Bertz CT molecular complexity index is 3200. The van der Waals surface area contributed by atoms with Gasteiger partial charge < -0.3 is 34.1 Å². The van der Waals surface area contributed by atoms with Crippen LogP contribution in [0.5, 0.6) is 5.75 Å². The highest BCUT2D eigenvalue weighted by molar-refractivity contribution is 6.24. The van der Waals surface area contributed by atoms with Crippen molar-refractivity contribution in [1.29, 1.82) is 0 Å². The molecule has 5 amide bonds. The molecule has 19 heteroatoms. The summed E-state index contributed by atoms with van der Waals surface area (Å²) in [4.78, 5) is 98.3. The summed E-state index contributed by atoms with van der Waals surface area (Å²) in [7, 11) is 1.68. The zero-order chi connectivity index (χ0) is 49.9. The second-order valence-electron chi connectivity index (χ2n) is 21.2. The molecule has 4 aromatic heterocycles. The van der Waals surface area contributed by atoms with Crippen molar-refractivity contribution in [2.24, 2.45) is 12.5 Å². The van der Waals surface area contributed by atoms with E-state index in [0.717, 1.165) is 68.1 Å². The molecule has 72 heavy (non-hydrogen) atoms. The number of anilines is 5. The van der Waals surface area contributed by atoms with Gasteiger partial charge in [-0.05, 0) is 98.0 Å². The van der Waals surface area contributed by atoms with Crippen LogP contribution in [0.1, 0.15) is 94.5 Å². The summed E-state index contributed by atoms with van der Waals surface area (Å²) >= 11 is 0. The predicted octanol–water partition coefficient (Wildman–Crippen LogP) is 4.01. The number of carbonyl (C=O) groups excluding carboxylic acids is 5. The van der Waals surface area contributed by atoms with E-state index in [1.54, 1.807) is 48.6 Å². The Morgan fingerprint density at radius 1 is 0.861 bits per heavy atom. The third-order valence-corrected chi connectivity index (χ3v) is 16.0. The number of ether oxygens (including phenoxy) is 1. The van der Waals surface area contributed by atoms with Gasteiger partial charge in [-0.25, -0.2) is 9.97 Å². The quantitative estimate of drug-likeness (QED) is 0.188. The molecule has 7 aliphatic rings. The first kappa shape index (κ1) is 45.7. The number of aryl methyl sites for hydroxylation is 1. The molecule has 372 valence electrons. The van der Waals surface area contributed by atoms with Gasteiger partial charge in [-0.2, -0.15) is 0 Å². The summed E-state index contributed by atoms with van der Waals surface area (Å²) in [6, 6.07) is 12.4. The van der Waals surface area contributed by atoms with Crippen molar-refractivity contribution in [3.63, 3.8) is 0 Å². The molecule has 19 nitrogen and oxygen atoms in total. The van der Waals surface area contributed by atoms with Crippen LogP contribution < -0.4 is 35.6 Å². The largest absolute Gasteiger partial charge is 0.489 e. The monoisotopic (exact) mass is 975 g/mol. The molecule has 5 aromatic rings. The summed E-state index contributed by atoms with van der Waals surface area (Å²) in [5.74, 6) is -0.801. The number of aliphatic hydroxyl groups excluding tert-OH is 1. The van der Waals surface area contributed by atoms with E-state index in [0.29, 0.717) is 71.2 Å². The van der Waals surface area contributed by atoms with Crippen LogP contribution in [0.25, 0.3) is 11.1 Å². The fourth-order valence-electron chi connectivity index (χ4n) is 12.5. The van der Waals surface area contributed by atoms with Crippen LogP contribution in [0.15, 0.2) is 65.8 Å². The number of piperidine rings is 2. The maximum absolute atomic E-state index is 14.0. The van der Waals surface area contributed by atoms with E-state index in [1.807, 2.05) is 24.4 Å². The molecule has 0 bridgehead atoms. The minimum atomic E-state index is -1.03. The number of carbonyl (C=O) groups is 5. The van der Waals surface area contributed by atoms with E-state index in [-0.39, 0.29) is 59.5 Å². The topological polar surface area (TPSA) is 208 Å². The molecule has 10 heterocycles. The number of benzene rings is 1. The van der Waals surface area contributed by atoms with Crippen LogP contribution in [0.2, 0.25) is 0 Å². The Hall–Kier alpha value is -7.38. The standard InChI is InChI=1S/C53H57N11O8/c1-29-25-59(32-10-12-61-34(19-32)28-72-44-21-37-36(20-41(44)61)49(68)64(50(37)69)40-6-8-46(66)57-48(40)67)13-14-60(29)33-5-7-45(55-24-33)56-39-17-31(26-58(4)51(39)70)35-9-11-54-47(38(35)27-65)63-16-15-62-42(52(63)71)18-30-22-53(2,3)23-43(30)62/h5,7,9,11,17-18,20-21,24,26,29,32,34,40,65H,6,8,10,12-16,19,22-23,25,27-28H2,1-4H3,(H,55,56)(H,57,66,67)/t29-,32+,34+,40?/m0/s1. The van der Waals surface area contributed by atoms with Gasteiger partial charge in [0.2, 0.25) is 11.8 Å². The van der Waals surface area contributed by atoms with Crippen LogP contribution in [-0.4, -0.2) is 127 Å². The molecule has 1 unspecified atom stereocenters. The molecule has 3 N–H and O–H groups in total. The van der Waals surface area contributed by atoms with Crippen molar-refractivity contribution in [1.82, 2.24) is 34.2 Å². The number of nitrogens with zero attached hydrogens (tertiary/aromatic N) is 9. The van der Waals surface area contributed by atoms with Crippen molar-refractivity contribution in [3.05, 3.63) is 105 Å². The van der Waals surface area contributed by atoms with Crippen LogP contribution in [0.4, 0.5) is 28.7 Å². The van der Waals surface area contributed by atoms with Crippen LogP contribution in [-0.2, 0) is 42.6 Å². The molecule has 1 aliphatic carbocycles. The fourth-order valence-corrected chi connectivity index (χ4v) is 12.5. The molecule has 0 radical (unpaired) electrons. The molecule has 0 spiro atoms. The van der Waals surface area contributed by atoms with E-state index in [9.17, 15) is 33.9 Å². The molecule has 4 atom stereocenters. The number of imide groups is 2. The highest BCUT2D eigenvalue weighted by Gasteiger charge is 2.47. The number of hydrogen-bond acceptors (Lipinski definition) is 14. The maximum Gasteiger partial charge on any atom is 0.276 e. The van der Waals surface area contributed by atoms with Gasteiger partial charge in [0.25, 0.3) is 23.3 Å². The first-order valence-corrected chi connectivity index (χ1v) is 25.0. The molecule has 1 aromatic carbocycles. The molecule has 6 aliphatic heterocycles. The number of nitrogens with one attached hydrogen (secondary N) is 2. The average molecular weight is 976 g/mol. The number of piperazine rings is 1. The van der Waals surface area contributed by atoms with Crippen molar-refractivity contribution in [2.75, 3.05) is 59.3 Å². The molecule has 3 saturated heterocycles. The van der Waals surface area contributed by atoms with Gasteiger partial charge in [0.15, 0.2) is 0 Å². The van der Waals surface area contributed by atoms with Crippen LogP contribution in [0, 0.1) is 5.41 Å². The lowest BCUT2D eigenvalue weighted by Crippen LogP contribution is -2.59. The molecule has 0 saturated carbocycles. The third kappa shape index (κ3) is 7.54. The van der Waals surface area contributed by atoms with Crippen LogP contribution >= 0.6 is 0 Å². The van der Waals surface area contributed by atoms with Gasteiger partial charge in [-0.15, -0.1) is 0 Å². The highest BCUT2D eigenvalue weighted by Crippen LogP contribution is 2.44. The van der Waals surface area contributed by atoms with Gasteiger partial charge in [0.05, 0.1) is 41.3 Å². The third-order valence-electron chi connectivity index (χ3n) is 16.0. The van der Waals surface area contributed by atoms with Crippen molar-refractivity contribution in [2.45, 2.75) is 96.6 Å². The first-order valence-electron chi connectivity index (χ1n) is 25.0. The number of amides is 5. The average Bonchev–Trinajstić information content (AvgIpc) is 3.95. The SMILES string of the molecule is C[C@H]1CN([C@@H]2CCN3c4cc5c(cc4OC[C@H]3C2)C(=O)N(C2CCC(=O)NC2=O)C5=O)CCN1c1ccc(Nc2cc(-c3ccnc(N4CCn5c(cc6c5CC(C)(C)C6)C4=O)c3CO)cn(C)c2=O)nc1. The molecular weight excluding hydrogens is 919 g/mol. The maximum atomic E-state index is 14.0. The summed E-state index contributed by atoms with van der Waals surface area (Å²) in [5, 5.41) is 16.3. The number of fused-ring (bicyclic) bond motifs is 7. The summed E-state index contributed by atoms with van der Waals surface area (Å²) < 4.78 is 9.92. The lowest BCUT2D eigenvalue weighted by molar-refractivity contribution is -0.136. The number of hydrogen-bond donors (Lipinski definition) is 3. The van der Waals surface area contributed by atoms with E-state index in [1.165, 1.54) is 15.8 Å². The molecule has 3 fully saturated rings. The van der Waals surface area contributed by atoms with E-state index >= 15 is 0 Å². The number of pyridine rings is 3. The second kappa shape index (κ2) is 17.1. The van der Waals surface area contributed by atoms with Crippen molar-refractivity contribution < 1.29 is 33.8 Å². The molecular formula is C53H57N11O8. The minimum Gasteiger partial charge on any atom is -0.489 e. The van der Waals surface area contributed by atoms with Crippen molar-refractivity contribution >= 4 is 58.2 Å². The van der Waals surface area contributed by atoms with Crippen LogP contribution in [0.3, 0.4) is 0 Å². The normalized spacial score (nSPS) is 23.6. The van der Waals surface area contributed by atoms with Gasteiger partial charge in [-0.3, -0.25) is 48.8 Å². The van der Waals surface area contributed by atoms with E-state index < -0.39 is 29.7 Å². The lowest BCUT2D eigenvalue weighted by Gasteiger charge is -2.50. The summed E-state index contributed by atoms with van der Waals surface area (Å²) in [5.41, 5.74) is 7.42. The predicted molar refractivity (Wildman–Crippen MR) is 267 cm³/mol. The van der Waals surface area contributed by atoms with Crippen molar-refractivity contribution in [3.8, 4) is 16.9 Å². The Labute approximate surface area is 415 Å². The van der Waals surface area contributed by atoms with E-state index in [2.05, 4.69) is 55.7 Å². The first-order chi connectivity index (χ1) is 34.6. The highest BCUT2D eigenvalue weighted by atomic mass is 16.5. The zero-order valence-electron chi connectivity index (χ0n) is 40.8. The number of rotatable bonds is 8. The van der Waals surface area contributed by atoms with Gasteiger partial charge in [0, 0.05) is 94.0 Å². The Kier molecular flexibility index (Phi) is 10.9. The minimum absolute atomic E-state index is 0.0603. The number of aliphatic hydroxyl groups is 1. The number of aromatic nitrogens is 4. The summed E-state index contributed by atoms with van der Waals surface area (Å²) in [6.07, 6.45) is 9.01.